The standard InChI is InChI=1S/C22H21FN4O3S/c1-3-30-18-10-4-14(12-19(18)29-2)5-11-20(28)24-21-25-22-27(26-21)17(13-31-22)15-6-8-16(23)9-7-15/h4,6-10,12-13H,3,5,11H2,1-2H3,(H,24,26,28). The van der Waals surface area contributed by atoms with E-state index in [0.29, 0.717) is 29.5 Å². The van der Waals surface area contributed by atoms with Crippen molar-refractivity contribution < 1.29 is 18.7 Å². The number of amides is 1. The number of carbonyl (C=O) groups excluding carboxylic acids is 1. The molecule has 2 aromatic heterocycles. The van der Waals surface area contributed by atoms with Crippen LogP contribution >= 0.6 is 11.3 Å². The van der Waals surface area contributed by atoms with Gasteiger partial charge in [-0.15, -0.1) is 16.4 Å². The van der Waals surface area contributed by atoms with Crippen LogP contribution in [0.15, 0.2) is 47.8 Å². The number of aryl methyl sites for hydroxylation is 1. The molecule has 31 heavy (non-hydrogen) atoms. The first-order valence-electron chi connectivity index (χ1n) is 9.77. The number of aromatic nitrogens is 3. The van der Waals surface area contributed by atoms with Gasteiger partial charge in [0.1, 0.15) is 5.82 Å². The molecule has 0 radical (unpaired) electrons. The fourth-order valence-electron chi connectivity index (χ4n) is 3.14. The van der Waals surface area contributed by atoms with E-state index in [-0.39, 0.29) is 24.1 Å². The summed E-state index contributed by atoms with van der Waals surface area (Å²) < 4.78 is 25.7. The predicted molar refractivity (Wildman–Crippen MR) is 117 cm³/mol. The Balaban J connectivity index is 1.41. The summed E-state index contributed by atoms with van der Waals surface area (Å²) >= 11 is 1.40. The Morgan fingerprint density at radius 3 is 2.74 bits per heavy atom. The number of fused-ring (bicyclic) bond motifs is 1. The van der Waals surface area contributed by atoms with E-state index in [2.05, 4.69) is 15.4 Å². The average molecular weight is 441 g/mol. The van der Waals surface area contributed by atoms with Crippen molar-refractivity contribution in [1.29, 1.82) is 0 Å². The molecule has 160 valence electrons. The molecule has 0 atom stereocenters. The molecule has 2 aromatic carbocycles. The molecule has 4 aromatic rings. The number of nitrogens with zero attached hydrogens (tertiary/aromatic N) is 3. The van der Waals surface area contributed by atoms with E-state index in [9.17, 15) is 9.18 Å². The fourth-order valence-corrected chi connectivity index (χ4v) is 3.97. The molecule has 0 aliphatic carbocycles. The van der Waals surface area contributed by atoms with Crippen LogP contribution in [0.5, 0.6) is 11.5 Å². The van der Waals surface area contributed by atoms with Crippen molar-refractivity contribution in [2.24, 2.45) is 0 Å². The van der Waals surface area contributed by atoms with Crippen molar-refractivity contribution in [1.82, 2.24) is 14.6 Å². The predicted octanol–water partition coefficient (Wildman–Crippen LogP) is 4.58. The molecular formula is C22H21FN4O3S. The summed E-state index contributed by atoms with van der Waals surface area (Å²) in [4.78, 5) is 17.4. The van der Waals surface area contributed by atoms with Crippen molar-refractivity contribution in [2.75, 3.05) is 19.0 Å². The van der Waals surface area contributed by atoms with Gasteiger partial charge >= 0.3 is 0 Å². The van der Waals surface area contributed by atoms with Crippen LogP contribution in [-0.4, -0.2) is 34.2 Å². The lowest BCUT2D eigenvalue weighted by molar-refractivity contribution is -0.116. The number of carbonyl (C=O) groups is 1. The van der Waals surface area contributed by atoms with Crippen molar-refractivity contribution >= 4 is 28.2 Å². The molecule has 9 heteroatoms. The number of hydrogen-bond donors (Lipinski definition) is 1. The van der Waals surface area contributed by atoms with E-state index in [1.807, 2.05) is 30.5 Å². The Kier molecular flexibility index (Phi) is 6.13. The zero-order valence-corrected chi connectivity index (χ0v) is 17.9. The normalized spacial score (nSPS) is 10.9. The second-order valence-electron chi connectivity index (χ2n) is 6.72. The van der Waals surface area contributed by atoms with E-state index in [4.69, 9.17) is 9.47 Å². The minimum atomic E-state index is -0.299. The second kappa shape index (κ2) is 9.13. The van der Waals surface area contributed by atoms with Crippen LogP contribution < -0.4 is 14.8 Å². The lowest BCUT2D eigenvalue weighted by Crippen LogP contribution is -2.13. The summed E-state index contributed by atoms with van der Waals surface area (Å²) in [5, 5.41) is 9.02. The highest BCUT2D eigenvalue weighted by molar-refractivity contribution is 7.15. The number of halogens is 1. The number of rotatable bonds is 8. The van der Waals surface area contributed by atoms with Gasteiger partial charge in [0.25, 0.3) is 0 Å². The van der Waals surface area contributed by atoms with Crippen molar-refractivity contribution in [2.45, 2.75) is 19.8 Å². The van der Waals surface area contributed by atoms with Crippen LogP contribution in [0.25, 0.3) is 16.2 Å². The van der Waals surface area contributed by atoms with E-state index in [1.165, 1.54) is 23.5 Å². The molecule has 0 spiro atoms. The number of nitrogens with one attached hydrogen (secondary N) is 1. The topological polar surface area (TPSA) is 77.8 Å². The average Bonchev–Trinajstić information content (AvgIpc) is 3.34. The molecule has 0 fully saturated rings. The molecule has 2 heterocycles. The highest BCUT2D eigenvalue weighted by Gasteiger charge is 2.14. The highest BCUT2D eigenvalue weighted by atomic mass is 32.1. The van der Waals surface area contributed by atoms with Crippen LogP contribution in [0.4, 0.5) is 10.3 Å². The maximum atomic E-state index is 13.2. The monoisotopic (exact) mass is 440 g/mol. The molecule has 0 saturated carbocycles. The van der Waals surface area contributed by atoms with Gasteiger partial charge in [-0.25, -0.2) is 8.91 Å². The molecule has 1 N–H and O–H groups in total. The van der Waals surface area contributed by atoms with Crippen molar-refractivity contribution in [3.8, 4) is 22.8 Å². The van der Waals surface area contributed by atoms with E-state index >= 15 is 0 Å². The maximum Gasteiger partial charge on any atom is 0.250 e. The molecule has 0 aliphatic rings. The SMILES string of the molecule is CCOc1ccc(CCC(=O)Nc2nc3scc(-c4ccc(F)cc4)n3n2)cc1OC. The number of thiazole rings is 1. The number of benzene rings is 2. The summed E-state index contributed by atoms with van der Waals surface area (Å²) in [6.07, 6.45) is 0.812. The van der Waals surface area contributed by atoms with Gasteiger partial charge < -0.3 is 9.47 Å². The van der Waals surface area contributed by atoms with Crippen molar-refractivity contribution in [3.05, 3.63) is 59.2 Å². The molecule has 4 rings (SSSR count). The van der Waals surface area contributed by atoms with Gasteiger partial charge in [0.15, 0.2) is 11.5 Å². The Hall–Kier alpha value is -3.46. The Bertz CT molecular complexity index is 1200. The van der Waals surface area contributed by atoms with E-state index < -0.39 is 0 Å². The number of ether oxygens (including phenoxy) is 2. The van der Waals surface area contributed by atoms with E-state index in [1.54, 1.807) is 23.8 Å². The third-order valence-corrected chi connectivity index (χ3v) is 5.46. The van der Waals surface area contributed by atoms with Gasteiger partial charge in [-0.2, -0.15) is 4.98 Å². The van der Waals surface area contributed by atoms with Crippen LogP contribution in [-0.2, 0) is 11.2 Å². The molecule has 0 aliphatic heterocycles. The largest absolute Gasteiger partial charge is 0.493 e. The summed E-state index contributed by atoms with van der Waals surface area (Å²) in [5.74, 6) is 1.08. The molecule has 0 unspecified atom stereocenters. The van der Waals surface area contributed by atoms with Crippen LogP contribution in [0.2, 0.25) is 0 Å². The Morgan fingerprint density at radius 2 is 2.00 bits per heavy atom. The smallest absolute Gasteiger partial charge is 0.250 e. The van der Waals surface area contributed by atoms with Gasteiger partial charge in [0, 0.05) is 17.4 Å². The highest BCUT2D eigenvalue weighted by Crippen LogP contribution is 2.29. The number of methoxy groups -OCH3 is 1. The number of hydrogen-bond acceptors (Lipinski definition) is 6. The van der Waals surface area contributed by atoms with Gasteiger partial charge in [-0.1, -0.05) is 6.07 Å². The van der Waals surface area contributed by atoms with Crippen LogP contribution in [0.1, 0.15) is 18.9 Å². The molecule has 1 amide bonds. The molecule has 0 bridgehead atoms. The Labute approximate surface area is 182 Å². The lowest BCUT2D eigenvalue weighted by Gasteiger charge is -2.10. The molecule has 0 saturated heterocycles. The minimum absolute atomic E-state index is 0.186. The first-order chi connectivity index (χ1) is 15.1. The minimum Gasteiger partial charge on any atom is -0.493 e. The zero-order chi connectivity index (χ0) is 21.8. The first kappa shape index (κ1) is 20.8. The van der Waals surface area contributed by atoms with Gasteiger partial charge in [0.05, 0.1) is 19.4 Å². The summed E-state index contributed by atoms with van der Waals surface area (Å²) in [5.41, 5.74) is 2.57. The second-order valence-corrected chi connectivity index (χ2v) is 7.56. The number of anilines is 1. The Morgan fingerprint density at radius 1 is 1.19 bits per heavy atom. The van der Waals surface area contributed by atoms with Gasteiger partial charge in [-0.05, 0) is 55.3 Å². The third kappa shape index (κ3) is 4.66. The lowest BCUT2D eigenvalue weighted by atomic mass is 10.1. The summed E-state index contributed by atoms with van der Waals surface area (Å²) in [6.45, 7) is 2.46. The van der Waals surface area contributed by atoms with E-state index in [0.717, 1.165) is 16.8 Å². The summed E-state index contributed by atoms with van der Waals surface area (Å²) in [6, 6.07) is 11.8. The molecular weight excluding hydrogens is 419 g/mol. The van der Waals surface area contributed by atoms with Crippen LogP contribution in [0.3, 0.4) is 0 Å². The first-order valence-corrected chi connectivity index (χ1v) is 10.6. The maximum absolute atomic E-state index is 13.2. The van der Waals surface area contributed by atoms with Crippen molar-refractivity contribution in [3.63, 3.8) is 0 Å². The summed E-state index contributed by atoms with van der Waals surface area (Å²) in [7, 11) is 1.59. The quantitative estimate of drug-likeness (QED) is 0.434. The third-order valence-electron chi connectivity index (χ3n) is 4.64. The molecule has 7 nitrogen and oxygen atoms in total. The van der Waals surface area contributed by atoms with Gasteiger partial charge in [0.2, 0.25) is 16.8 Å². The zero-order valence-electron chi connectivity index (χ0n) is 17.1. The van der Waals surface area contributed by atoms with Crippen LogP contribution in [0, 0.1) is 5.82 Å². The fraction of sp³-hybridized carbons (Fsp3) is 0.227. The van der Waals surface area contributed by atoms with Gasteiger partial charge in [-0.3, -0.25) is 10.1 Å².